The van der Waals surface area contributed by atoms with Gasteiger partial charge < -0.3 is 14.2 Å². The summed E-state index contributed by atoms with van der Waals surface area (Å²) in [5.41, 5.74) is 8.33. The van der Waals surface area contributed by atoms with Gasteiger partial charge in [0.2, 0.25) is 0 Å². The predicted molar refractivity (Wildman–Crippen MR) is 213 cm³/mol. The largest absolute Gasteiger partial charge is 0.456 e. The first-order valence-electron chi connectivity index (χ1n) is 17.5. The van der Waals surface area contributed by atoms with Crippen molar-refractivity contribution in [3.63, 3.8) is 0 Å². The second kappa shape index (κ2) is 11.3. The fourth-order valence-electron chi connectivity index (χ4n) is 7.92. The SMILES string of the molecule is c1ccc(C2=NC(c3ccc(-c4ccc5c(c4)oc4ccccc45)c4oc5ccccc5c34)=NC(c3cc4ccccc4c4ccccc34)N2)cc1. The molecule has 0 radical (unpaired) electrons. The zero-order valence-corrected chi connectivity index (χ0v) is 27.9. The molecule has 1 N–H and O–H groups in total. The van der Waals surface area contributed by atoms with Gasteiger partial charge >= 0.3 is 0 Å². The summed E-state index contributed by atoms with van der Waals surface area (Å²) < 4.78 is 13.0. The maximum atomic E-state index is 6.72. The summed E-state index contributed by atoms with van der Waals surface area (Å²) >= 11 is 0. The van der Waals surface area contributed by atoms with E-state index in [-0.39, 0.29) is 6.17 Å². The molecule has 10 aromatic rings. The number of rotatable bonds is 4. The fraction of sp³-hybridized carbons (Fsp3) is 0.0213. The third kappa shape index (κ3) is 4.42. The highest BCUT2D eigenvalue weighted by Gasteiger charge is 2.26. The van der Waals surface area contributed by atoms with E-state index in [1.807, 2.05) is 48.5 Å². The van der Waals surface area contributed by atoms with Crippen molar-refractivity contribution in [1.29, 1.82) is 0 Å². The predicted octanol–water partition coefficient (Wildman–Crippen LogP) is 12.0. The molecule has 1 aliphatic rings. The molecule has 2 aromatic heterocycles. The fourth-order valence-corrected chi connectivity index (χ4v) is 7.92. The van der Waals surface area contributed by atoms with Crippen molar-refractivity contribution in [3.05, 3.63) is 180 Å². The normalized spacial score (nSPS) is 14.7. The number of hydrogen-bond donors (Lipinski definition) is 1. The van der Waals surface area contributed by atoms with Gasteiger partial charge in [-0.3, -0.25) is 0 Å². The van der Waals surface area contributed by atoms with E-state index in [2.05, 4.69) is 121 Å². The van der Waals surface area contributed by atoms with Crippen LogP contribution in [0.5, 0.6) is 0 Å². The highest BCUT2D eigenvalue weighted by atomic mass is 16.3. The van der Waals surface area contributed by atoms with E-state index in [9.17, 15) is 0 Å². The van der Waals surface area contributed by atoms with Crippen LogP contribution in [0.25, 0.3) is 76.5 Å². The lowest BCUT2D eigenvalue weighted by molar-refractivity contribution is 0.668. The Hall–Kier alpha value is -6.98. The summed E-state index contributed by atoms with van der Waals surface area (Å²) in [5, 5.41) is 12.7. The standard InChI is InChI=1S/C47H29N3O2/c1-2-12-28(13-3-1)45-48-46(50-47(49-45)39-26-29-14-4-5-15-31(29)33-16-6-7-17-34(33)39)38-25-24-32(44-43(38)37-19-9-11-21-41(37)52-44)30-22-23-36-35-18-8-10-20-40(35)51-42(36)27-30/h1-27,47H,(H,48,49,50). The molecule has 0 amide bonds. The van der Waals surface area contributed by atoms with Crippen molar-refractivity contribution in [2.24, 2.45) is 9.98 Å². The smallest absolute Gasteiger partial charge is 0.160 e. The molecule has 0 saturated carbocycles. The molecule has 0 fully saturated rings. The molecule has 0 aliphatic carbocycles. The Kier molecular flexibility index (Phi) is 6.25. The summed E-state index contributed by atoms with van der Waals surface area (Å²) in [4.78, 5) is 10.7. The Morgan fingerprint density at radius 3 is 1.96 bits per heavy atom. The lowest BCUT2D eigenvalue weighted by Gasteiger charge is -2.25. The summed E-state index contributed by atoms with van der Waals surface area (Å²) in [6.45, 7) is 0. The maximum Gasteiger partial charge on any atom is 0.160 e. The van der Waals surface area contributed by atoms with E-state index in [1.165, 1.54) is 16.2 Å². The summed E-state index contributed by atoms with van der Waals surface area (Å²) in [6, 6.07) is 56.8. The number of nitrogens with one attached hydrogen (secondary N) is 1. The zero-order valence-electron chi connectivity index (χ0n) is 27.9. The highest BCUT2D eigenvalue weighted by molar-refractivity contribution is 6.24. The molecule has 0 bridgehead atoms. The average Bonchev–Trinajstić information content (AvgIpc) is 3.79. The van der Waals surface area contributed by atoms with Crippen LogP contribution < -0.4 is 5.32 Å². The van der Waals surface area contributed by atoms with Crippen molar-refractivity contribution in [3.8, 4) is 11.1 Å². The maximum absolute atomic E-state index is 6.72. The summed E-state index contributed by atoms with van der Waals surface area (Å²) in [5.74, 6) is 1.42. The first-order valence-corrected chi connectivity index (χ1v) is 17.5. The number of para-hydroxylation sites is 2. The Balaban J connectivity index is 1.15. The lowest BCUT2D eigenvalue weighted by Crippen LogP contribution is -2.33. The van der Waals surface area contributed by atoms with Crippen LogP contribution in [0.3, 0.4) is 0 Å². The Morgan fingerprint density at radius 1 is 0.462 bits per heavy atom. The first-order chi connectivity index (χ1) is 25.8. The second-order valence-corrected chi connectivity index (χ2v) is 13.3. The number of hydrogen-bond acceptors (Lipinski definition) is 5. The van der Waals surface area contributed by atoms with Gasteiger partial charge in [0.15, 0.2) is 5.84 Å². The minimum atomic E-state index is -0.388. The van der Waals surface area contributed by atoms with Gasteiger partial charge in [0, 0.05) is 43.8 Å². The number of fused-ring (bicyclic) bond motifs is 9. The number of aliphatic imine (C=N–C) groups is 2. The quantitative estimate of drug-likeness (QED) is 0.190. The molecule has 5 heteroatoms. The van der Waals surface area contributed by atoms with Crippen LogP contribution in [0.15, 0.2) is 183 Å². The van der Waals surface area contributed by atoms with Gasteiger partial charge in [-0.2, -0.15) is 0 Å². The van der Waals surface area contributed by atoms with Crippen LogP contribution in [0, 0.1) is 0 Å². The molecule has 3 heterocycles. The molecule has 11 rings (SSSR count). The van der Waals surface area contributed by atoms with Crippen molar-refractivity contribution < 1.29 is 8.83 Å². The first kappa shape index (κ1) is 28.8. The molecule has 0 saturated heterocycles. The Morgan fingerprint density at radius 2 is 1.12 bits per heavy atom. The summed E-state index contributed by atoms with van der Waals surface area (Å²) in [6.07, 6.45) is -0.388. The highest BCUT2D eigenvalue weighted by Crippen LogP contribution is 2.41. The van der Waals surface area contributed by atoms with Crippen molar-refractivity contribution >= 4 is 77.1 Å². The number of furan rings is 2. The van der Waals surface area contributed by atoms with Crippen molar-refractivity contribution in [2.45, 2.75) is 6.17 Å². The van der Waals surface area contributed by atoms with Crippen LogP contribution >= 0.6 is 0 Å². The number of amidine groups is 2. The van der Waals surface area contributed by atoms with Gasteiger partial charge in [0.1, 0.15) is 34.3 Å². The van der Waals surface area contributed by atoms with Gasteiger partial charge in [0.05, 0.1) is 0 Å². The van der Waals surface area contributed by atoms with E-state index >= 15 is 0 Å². The van der Waals surface area contributed by atoms with Gasteiger partial charge in [-0.25, -0.2) is 9.98 Å². The molecule has 52 heavy (non-hydrogen) atoms. The third-order valence-corrected chi connectivity index (χ3v) is 10.3. The molecular weight excluding hydrogens is 639 g/mol. The van der Waals surface area contributed by atoms with Crippen LogP contribution in [0.4, 0.5) is 0 Å². The zero-order chi connectivity index (χ0) is 34.2. The van der Waals surface area contributed by atoms with Crippen LogP contribution in [-0.2, 0) is 0 Å². The third-order valence-electron chi connectivity index (χ3n) is 10.3. The van der Waals surface area contributed by atoms with Gasteiger partial charge in [-0.05, 0) is 69.6 Å². The molecule has 1 atom stereocenters. The minimum Gasteiger partial charge on any atom is -0.456 e. The minimum absolute atomic E-state index is 0.388. The number of benzene rings is 8. The Bertz CT molecular complexity index is 3110. The monoisotopic (exact) mass is 667 g/mol. The van der Waals surface area contributed by atoms with E-state index < -0.39 is 0 Å². The molecular formula is C47H29N3O2. The van der Waals surface area contributed by atoms with Crippen LogP contribution in [-0.4, -0.2) is 11.7 Å². The Labute approximate surface area is 298 Å². The van der Waals surface area contributed by atoms with Crippen molar-refractivity contribution in [2.75, 3.05) is 0 Å². The second-order valence-electron chi connectivity index (χ2n) is 13.3. The van der Waals surface area contributed by atoms with E-state index in [1.54, 1.807) is 0 Å². The number of nitrogens with zero attached hydrogens (tertiary/aromatic N) is 2. The molecule has 0 spiro atoms. The van der Waals surface area contributed by atoms with Crippen molar-refractivity contribution in [1.82, 2.24) is 5.32 Å². The van der Waals surface area contributed by atoms with E-state index in [4.69, 9.17) is 18.8 Å². The van der Waals surface area contributed by atoms with Gasteiger partial charge in [0.25, 0.3) is 0 Å². The lowest BCUT2D eigenvalue weighted by atomic mass is 9.95. The molecule has 8 aromatic carbocycles. The average molecular weight is 668 g/mol. The van der Waals surface area contributed by atoms with Crippen LogP contribution in [0.1, 0.15) is 22.9 Å². The van der Waals surface area contributed by atoms with Gasteiger partial charge in [-0.15, -0.1) is 0 Å². The molecule has 244 valence electrons. The molecule has 5 nitrogen and oxygen atoms in total. The topological polar surface area (TPSA) is 63.0 Å². The van der Waals surface area contributed by atoms with Crippen LogP contribution in [0.2, 0.25) is 0 Å². The molecule has 1 aliphatic heterocycles. The van der Waals surface area contributed by atoms with E-state index in [0.717, 1.165) is 82.9 Å². The summed E-state index contributed by atoms with van der Waals surface area (Å²) in [7, 11) is 0. The van der Waals surface area contributed by atoms with E-state index in [0.29, 0.717) is 5.84 Å². The van der Waals surface area contributed by atoms with Gasteiger partial charge in [-0.1, -0.05) is 121 Å². The molecule has 1 unspecified atom stereocenters.